The Hall–Kier alpha value is -2.05. The van der Waals surface area contributed by atoms with E-state index in [1.165, 1.54) is 16.9 Å². The molecule has 4 rings (SSSR count). The van der Waals surface area contributed by atoms with Gasteiger partial charge in [-0.1, -0.05) is 30.3 Å². The van der Waals surface area contributed by atoms with Crippen molar-refractivity contribution < 1.29 is 4.79 Å². The number of thiazole rings is 2. The zero-order valence-electron chi connectivity index (χ0n) is 14.9. The zero-order valence-corrected chi connectivity index (χ0v) is 16.6. The van der Waals surface area contributed by atoms with Gasteiger partial charge in [0, 0.05) is 23.9 Å². The second-order valence-electron chi connectivity index (χ2n) is 6.76. The molecule has 0 unspecified atom stereocenters. The Morgan fingerprint density at radius 2 is 1.85 bits per heavy atom. The standard InChI is InChI=1S/C20H21N3OS2/c1-14-18(26-13-21-14)19(24)23-10-8-20(9-11-23,16-6-4-3-5-7-16)17-12-25-15(2)22-17/h3-7,12-13H,8-11H2,1-2H3. The molecule has 134 valence electrons. The first kappa shape index (κ1) is 17.4. The molecule has 0 atom stereocenters. The monoisotopic (exact) mass is 383 g/mol. The van der Waals surface area contributed by atoms with Crippen LogP contribution in [0.2, 0.25) is 0 Å². The molecule has 1 aliphatic rings. The first-order valence-corrected chi connectivity index (χ1v) is 10.5. The van der Waals surface area contributed by atoms with Crippen molar-refractivity contribution in [2.75, 3.05) is 13.1 Å². The largest absolute Gasteiger partial charge is 0.338 e. The first-order valence-electron chi connectivity index (χ1n) is 8.78. The zero-order chi connectivity index (χ0) is 18.1. The third kappa shape index (κ3) is 2.97. The van der Waals surface area contributed by atoms with Crippen LogP contribution in [0.4, 0.5) is 0 Å². The highest BCUT2D eigenvalue weighted by atomic mass is 32.1. The van der Waals surface area contributed by atoms with E-state index >= 15 is 0 Å². The number of likely N-dealkylation sites (tertiary alicyclic amines) is 1. The highest BCUT2D eigenvalue weighted by Crippen LogP contribution is 2.42. The van der Waals surface area contributed by atoms with Crippen LogP contribution in [0.3, 0.4) is 0 Å². The second kappa shape index (κ2) is 6.93. The van der Waals surface area contributed by atoms with Crippen LogP contribution in [0.5, 0.6) is 0 Å². The van der Waals surface area contributed by atoms with Gasteiger partial charge in [0.1, 0.15) is 4.88 Å². The minimum absolute atomic E-state index is 0.106. The summed E-state index contributed by atoms with van der Waals surface area (Å²) in [6.45, 7) is 5.43. The summed E-state index contributed by atoms with van der Waals surface area (Å²) in [6, 6.07) is 10.6. The normalized spacial score (nSPS) is 16.6. The minimum Gasteiger partial charge on any atom is -0.338 e. The van der Waals surface area contributed by atoms with Gasteiger partial charge in [0.2, 0.25) is 0 Å². The van der Waals surface area contributed by atoms with Gasteiger partial charge >= 0.3 is 0 Å². The molecule has 0 bridgehead atoms. The molecule has 0 N–H and O–H groups in total. The quantitative estimate of drug-likeness (QED) is 0.672. The van der Waals surface area contributed by atoms with Crippen molar-refractivity contribution >= 4 is 28.6 Å². The summed E-state index contributed by atoms with van der Waals surface area (Å²) in [5, 5.41) is 3.28. The highest BCUT2D eigenvalue weighted by Gasteiger charge is 2.41. The van der Waals surface area contributed by atoms with Gasteiger partial charge in [0.15, 0.2) is 0 Å². The summed E-state index contributed by atoms with van der Waals surface area (Å²) in [4.78, 5) is 24.6. The summed E-state index contributed by atoms with van der Waals surface area (Å²) in [7, 11) is 0. The Labute approximate surface area is 161 Å². The van der Waals surface area contributed by atoms with Gasteiger partial charge in [-0.15, -0.1) is 22.7 Å². The molecular weight excluding hydrogens is 362 g/mol. The number of carbonyl (C=O) groups is 1. The maximum Gasteiger partial charge on any atom is 0.265 e. The van der Waals surface area contributed by atoms with Gasteiger partial charge in [0.25, 0.3) is 5.91 Å². The summed E-state index contributed by atoms with van der Waals surface area (Å²) in [6.07, 6.45) is 1.79. The Morgan fingerprint density at radius 1 is 1.12 bits per heavy atom. The van der Waals surface area contributed by atoms with Crippen molar-refractivity contribution in [3.63, 3.8) is 0 Å². The predicted molar refractivity (Wildman–Crippen MR) is 106 cm³/mol. The van der Waals surface area contributed by atoms with Crippen LogP contribution in [0.25, 0.3) is 0 Å². The minimum atomic E-state index is -0.106. The smallest absolute Gasteiger partial charge is 0.265 e. The molecule has 0 radical (unpaired) electrons. The molecule has 26 heavy (non-hydrogen) atoms. The van der Waals surface area contributed by atoms with Crippen molar-refractivity contribution in [1.29, 1.82) is 0 Å². The van der Waals surface area contributed by atoms with Crippen LogP contribution < -0.4 is 0 Å². The van der Waals surface area contributed by atoms with Crippen molar-refractivity contribution in [3.05, 3.63) is 68.1 Å². The number of carbonyl (C=O) groups excluding carboxylic acids is 1. The number of hydrogen-bond donors (Lipinski definition) is 0. The number of amides is 1. The second-order valence-corrected chi connectivity index (χ2v) is 8.68. The molecule has 1 fully saturated rings. The lowest BCUT2D eigenvalue weighted by molar-refractivity contribution is 0.0688. The molecule has 4 nitrogen and oxygen atoms in total. The van der Waals surface area contributed by atoms with Gasteiger partial charge in [-0.3, -0.25) is 4.79 Å². The number of aromatic nitrogens is 2. The number of rotatable bonds is 3. The lowest BCUT2D eigenvalue weighted by Crippen LogP contribution is -2.46. The molecule has 0 saturated carbocycles. The topological polar surface area (TPSA) is 46.1 Å². The average molecular weight is 384 g/mol. The summed E-state index contributed by atoms with van der Waals surface area (Å²) >= 11 is 3.13. The molecule has 1 amide bonds. The first-order chi connectivity index (χ1) is 12.6. The van der Waals surface area contributed by atoms with E-state index in [9.17, 15) is 4.79 Å². The Balaban J connectivity index is 1.63. The van der Waals surface area contributed by atoms with Crippen molar-refractivity contribution in [2.45, 2.75) is 32.1 Å². The number of benzene rings is 1. The maximum absolute atomic E-state index is 12.9. The van der Waals surface area contributed by atoms with Crippen LogP contribution in [0, 0.1) is 13.8 Å². The fourth-order valence-electron chi connectivity index (χ4n) is 3.78. The van der Waals surface area contributed by atoms with Gasteiger partial charge in [-0.2, -0.15) is 0 Å². The Morgan fingerprint density at radius 3 is 2.42 bits per heavy atom. The lowest BCUT2D eigenvalue weighted by Gasteiger charge is -2.41. The van der Waals surface area contributed by atoms with E-state index in [0.29, 0.717) is 0 Å². The maximum atomic E-state index is 12.9. The van der Waals surface area contributed by atoms with Crippen LogP contribution >= 0.6 is 22.7 Å². The molecule has 6 heteroatoms. The Kier molecular flexibility index (Phi) is 4.63. The van der Waals surface area contributed by atoms with Gasteiger partial charge in [-0.05, 0) is 32.3 Å². The van der Waals surface area contributed by atoms with Crippen molar-refractivity contribution in [1.82, 2.24) is 14.9 Å². The third-order valence-electron chi connectivity index (χ3n) is 5.28. The molecule has 3 aromatic rings. The molecule has 3 heterocycles. The molecule has 0 spiro atoms. The molecule has 1 aromatic carbocycles. The van der Waals surface area contributed by atoms with Gasteiger partial charge in [0.05, 0.1) is 21.9 Å². The average Bonchev–Trinajstić information content (AvgIpc) is 3.30. The van der Waals surface area contributed by atoms with Crippen molar-refractivity contribution in [2.24, 2.45) is 0 Å². The van der Waals surface area contributed by atoms with Crippen LogP contribution in [-0.4, -0.2) is 33.9 Å². The molecule has 1 aliphatic heterocycles. The molecular formula is C20H21N3OS2. The van der Waals surface area contributed by atoms with E-state index in [4.69, 9.17) is 4.98 Å². The highest BCUT2D eigenvalue weighted by molar-refractivity contribution is 7.11. The van der Waals surface area contributed by atoms with E-state index in [-0.39, 0.29) is 11.3 Å². The van der Waals surface area contributed by atoms with Crippen LogP contribution in [0.15, 0.2) is 41.2 Å². The van der Waals surface area contributed by atoms with Crippen molar-refractivity contribution in [3.8, 4) is 0 Å². The summed E-state index contributed by atoms with van der Waals surface area (Å²) < 4.78 is 0. The number of hydrogen-bond acceptors (Lipinski definition) is 5. The Bertz CT molecular complexity index is 908. The molecule has 1 saturated heterocycles. The summed E-state index contributed by atoms with van der Waals surface area (Å²) in [5.41, 5.74) is 4.92. The molecule has 2 aromatic heterocycles. The van der Waals surface area contributed by atoms with Gasteiger partial charge in [-0.25, -0.2) is 9.97 Å². The molecule has 0 aliphatic carbocycles. The van der Waals surface area contributed by atoms with E-state index < -0.39 is 0 Å². The predicted octanol–water partition coefficient (Wildman–Crippen LogP) is 4.44. The lowest BCUT2D eigenvalue weighted by atomic mass is 9.70. The number of piperidine rings is 1. The van der Waals surface area contributed by atoms with E-state index in [1.807, 2.05) is 11.8 Å². The van der Waals surface area contributed by atoms with E-state index in [1.54, 1.807) is 16.8 Å². The fraction of sp³-hybridized carbons (Fsp3) is 0.350. The third-order valence-corrected chi connectivity index (χ3v) is 6.97. The number of aryl methyl sites for hydroxylation is 2. The van der Waals surface area contributed by atoms with Crippen LogP contribution in [0.1, 0.15) is 44.5 Å². The number of nitrogens with zero attached hydrogens (tertiary/aromatic N) is 3. The SMILES string of the molecule is Cc1nc(C2(c3ccccc3)CCN(C(=O)c3scnc3C)CC2)cs1. The van der Waals surface area contributed by atoms with E-state index in [2.05, 4.69) is 47.6 Å². The van der Waals surface area contributed by atoms with Crippen LogP contribution in [-0.2, 0) is 5.41 Å². The van der Waals surface area contributed by atoms with Gasteiger partial charge < -0.3 is 4.90 Å². The fourth-order valence-corrected chi connectivity index (χ4v) is 5.26. The van der Waals surface area contributed by atoms with E-state index in [0.717, 1.165) is 47.2 Å². The summed E-state index contributed by atoms with van der Waals surface area (Å²) in [5.74, 6) is 0.112.